The lowest BCUT2D eigenvalue weighted by Crippen LogP contribution is -2.05. The summed E-state index contributed by atoms with van der Waals surface area (Å²) in [6.07, 6.45) is 1.22. The van der Waals surface area contributed by atoms with Crippen molar-refractivity contribution >= 4 is 0 Å². The average Bonchev–Trinajstić information content (AvgIpc) is 2.47. The molecule has 0 saturated carbocycles. The Bertz CT molecular complexity index is 623. The second kappa shape index (κ2) is 6.59. The number of hydrogen-bond acceptors (Lipinski definition) is 4. The normalized spacial score (nSPS) is 12.0. The van der Waals surface area contributed by atoms with Crippen LogP contribution in [0.2, 0.25) is 0 Å². The Labute approximate surface area is 125 Å². The quantitative estimate of drug-likeness (QED) is 0.916. The highest BCUT2D eigenvalue weighted by Crippen LogP contribution is 2.27. The highest BCUT2D eigenvalue weighted by atomic mass is 16.5. The van der Waals surface area contributed by atoms with E-state index in [-0.39, 0.29) is 0 Å². The fourth-order valence-electron chi connectivity index (χ4n) is 2.32. The molecule has 0 saturated heterocycles. The molecule has 4 nitrogen and oxygen atoms in total. The molecule has 1 aromatic carbocycles. The summed E-state index contributed by atoms with van der Waals surface area (Å²) in [4.78, 5) is 4.41. The van der Waals surface area contributed by atoms with E-state index < -0.39 is 6.10 Å². The smallest absolute Gasteiger partial charge is 0.131 e. The number of aryl methyl sites for hydroxylation is 1. The lowest BCUT2D eigenvalue weighted by atomic mass is 10.1. The van der Waals surface area contributed by atoms with Crippen LogP contribution in [0.4, 0.5) is 0 Å². The van der Waals surface area contributed by atoms with Crippen LogP contribution in [-0.4, -0.2) is 17.2 Å². The van der Waals surface area contributed by atoms with Crippen molar-refractivity contribution < 1.29 is 14.6 Å². The summed E-state index contributed by atoms with van der Waals surface area (Å²) in [5, 5.41) is 9.76. The van der Waals surface area contributed by atoms with Gasteiger partial charge in [0.2, 0.25) is 0 Å². The third-order valence-corrected chi connectivity index (χ3v) is 3.48. The number of rotatable bonds is 5. The molecular formula is C17H21NO3. The van der Waals surface area contributed by atoms with Crippen LogP contribution in [0.15, 0.2) is 30.5 Å². The molecule has 1 atom stereocenters. The fraction of sp³-hybridized carbons (Fsp3) is 0.353. The topological polar surface area (TPSA) is 51.6 Å². The van der Waals surface area contributed by atoms with Crippen molar-refractivity contribution in [2.45, 2.75) is 33.5 Å². The molecule has 0 aliphatic rings. The van der Waals surface area contributed by atoms with Gasteiger partial charge in [0.25, 0.3) is 0 Å². The van der Waals surface area contributed by atoms with Crippen LogP contribution in [0.1, 0.15) is 35.4 Å². The van der Waals surface area contributed by atoms with Crippen molar-refractivity contribution in [2.24, 2.45) is 0 Å². The molecular weight excluding hydrogens is 266 g/mol. The lowest BCUT2D eigenvalue weighted by molar-refractivity contribution is 0.189. The SMILES string of the molecule is COc1c(C)cnc(COc2ccccc2C(C)O)c1C. The Hall–Kier alpha value is -2.07. The molecule has 2 rings (SSSR count). The predicted octanol–water partition coefficient (Wildman–Crippen LogP) is 3.34. The summed E-state index contributed by atoms with van der Waals surface area (Å²) in [7, 11) is 1.66. The molecule has 1 aromatic heterocycles. The summed E-state index contributed by atoms with van der Waals surface area (Å²) in [6.45, 7) is 6.00. The van der Waals surface area contributed by atoms with Crippen molar-refractivity contribution in [3.63, 3.8) is 0 Å². The Balaban J connectivity index is 2.21. The van der Waals surface area contributed by atoms with Gasteiger partial charge in [-0.3, -0.25) is 4.98 Å². The Kier molecular flexibility index (Phi) is 4.81. The van der Waals surface area contributed by atoms with Crippen molar-refractivity contribution in [3.8, 4) is 11.5 Å². The molecule has 0 aliphatic heterocycles. The third kappa shape index (κ3) is 3.34. The van der Waals surface area contributed by atoms with E-state index in [4.69, 9.17) is 9.47 Å². The Morgan fingerprint density at radius 1 is 1.24 bits per heavy atom. The number of hydrogen-bond donors (Lipinski definition) is 1. The van der Waals surface area contributed by atoms with Crippen molar-refractivity contribution in [2.75, 3.05) is 7.11 Å². The predicted molar refractivity (Wildman–Crippen MR) is 81.7 cm³/mol. The van der Waals surface area contributed by atoms with Crippen LogP contribution in [0.5, 0.6) is 11.5 Å². The molecule has 0 amide bonds. The molecule has 1 N–H and O–H groups in total. The summed E-state index contributed by atoms with van der Waals surface area (Å²) in [6, 6.07) is 7.48. The molecule has 21 heavy (non-hydrogen) atoms. The van der Waals surface area contributed by atoms with E-state index >= 15 is 0 Å². The van der Waals surface area contributed by atoms with Crippen molar-refractivity contribution in [1.29, 1.82) is 0 Å². The van der Waals surface area contributed by atoms with E-state index in [2.05, 4.69) is 4.98 Å². The maximum atomic E-state index is 9.76. The molecule has 4 heteroatoms. The molecule has 0 spiro atoms. The zero-order chi connectivity index (χ0) is 15.4. The highest BCUT2D eigenvalue weighted by Gasteiger charge is 2.12. The van der Waals surface area contributed by atoms with Gasteiger partial charge in [0, 0.05) is 22.9 Å². The van der Waals surface area contributed by atoms with Gasteiger partial charge in [0.1, 0.15) is 18.1 Å². The van der Waals surface area contributed by atoms with Crippen LogP contribution in [-0.2, 0) is 6.61 Å². The van der Waals surface area contributed by atoms with E-state index in [1.165, 1.54) is 0 Å². The third-order valence-electron chi connectivity index (χ3n) is 3.48. The number of benzene rings is 1. The van der Waals surface area contributed by atoms with Gasteiger partial charge in [-0.15, -0.1) is 0 Å². The number of para-hydroxylation sites is 1. The minimum Gasteiger partial charge on any atom is -0.496 e. The van der Waals surface area contributed by atoms with E-state index in [1.807, 2.05) is 38.1 Å². The first-order chi connectivity index (χ1) is 10.0. The van der Waals surface area contributed by atoms with Gasteiger partial charge in [-0.2, -0.15) is 0 Å². The zero-order valence-corrected chi connectivity index (χ0v) is 12.9. The minimum atomic E-state index is -0.567. The van der Waals surface area contributed by atoms with Gasteiger partial charge in [0.15, 0.2) is 0 Å². The van der Waals surface area contributed by atoms with Crippen LogP contribution < -0.4 is 9.47 Å². The van der Waals surface area contributed by atoms with Gasteiger partial charge in [-0.25, -0.2) is 0 Å². The van der Waals surface area contributed by atoms with Gasteiger partial charge in [-0.05, 0) is 26.8 Å². The van der Waals surface area contributed by atoms with Crippen LogP contribution in [0.3, 0.4) is 0 Å². The summed E-state index contributed by atoms with van der Waals surface area (Å²) in [5.74, 6) is 1.51. The van der Waals surface area contributed by atoms with E-state index in [9.17, 15) is 5.11 Å². The van der Waals surface area contributed by atoms with Crippen LogP contribution in [0.25, 0.3) is 0 Å². The number of nitrogens with zero attached hydrogens (tertiary/aromatic N) is 1. The second-order valence-corrected chi connectivity index (χ2v) is 5.05. The number of ether oxygens (including phenoxy) is 2. The largest absolute Gasteiger partial charge is 0.496 e. The standard InChI is InChI=1S/C17H21NO3/c1-11-9-18-15(12(2)17(11)20-4)10-21-16-8-6-5-7-14(16)13(3)19/h5-9,13,19H,10H2,1-4H3. The molecule has 0 bridgehead atoms. The molecule has 0 fully saturated rings. The maximum absolute atomic E-state index is 9.76. The fourth-order valence-corrected chi connectivity index (χ4v) is 2.32. The zero-order valence-electron chi connectivity index (χ0n) is 12.9. The van der Waals surface area contributed by atoms with Gasteiger partial charge in [0.05, 0.1) is 18.9 Å². The molecule has 1 unspecified atom stereocenters. The molecule has 0 radical (unpaired) electrons. The first-order valence-corrected chi connectivity index (χ1v) is 6.93. The Morgan fingerprint density at radius 2 is 1.95 bits per heavy atom. The van der Waals surface area contributed by atoms with Crippen molar-refractivity contribution in [3.05, 3.63) is 52.8 Å². The number of aliphatic hydroxyl groups excluding tert-OH is 1. The Morgan fingerprint density at radius 3 is 2.62 bits per heavy atom. The molecule has 2 aromatic rings. The van der Waals surface area contributed by atoms with Gasteiger partial charge in [-0.1, -0.05) is 18.2 Å². The lowest BCUT2D eigenvalue weighted by Gasteiger charge is -2.15. The second-order valence-electron chi connectivity index (χ2n) is 5.05. The maximum Gasteiger partial charge on any atom is 0.131 e. The first kappa shape index (κ1) is 15.3. The minimum absolute atomic E-state index is 0.339. The molecule has 1 heterocycles. The number of pyridine rings is 1. The first-order valence-electron chi connectivity index (χ1n) is 6.93. The van der Waals surface area contributed by atoms with Gasteiger partial charge >= 0.3 is 0 Å². The molecule has 112 valence electrons. The van der Waals surface area contributed by atoms with Gasteiger partial charge < -0.3 is 14.6 Å². The highest BCUT2D eigenvalue weighted by molar-refractivity contribution is 5.41. The van der Waals surface area contributed by atoms with E-state index in [0.29, 0.717) is 12.4 Å². The monoisotopic (exact) mass is 287 g/mol. The number of aliphatic hydroxyl groups is 1. The average molecular weight is 287 g/mol. The van der Waals surface area contributed by atoms with E-state index in [0.717, 1.165) is 28.1 Å². The molecule has 0 aliphatic carbocycles. The van der Waals surface area contributed by atoms with Crippen LogP contribution >= 0.6 is 0 Å². The van der Waals surface area contributed by atoms with Crippen LogP contribution in [0, 0.1) is 13.8 Å². The summed E-state index contributed by atoms with van der Waals surface area (Å²) >= 11 is 0. The number of aromatic nitrogens is 1. The summed E-state index contributed by atoms with van der Waals surface area (Å²) in [5.41, 5.74) is 3.59. The summed E-state index contributed by atoms with van der Waals surface area (Å²) < 4.78 is 11.2. The number of methoxy groups -OCH3 is 1. The van der Waals surface area contributed by atoms with Crippen molar-refractivity contribution in [1.82, 2.24) is 4.98 Å². The van der Waals surface area contributed by atoms with E-state index in [1.54, 1.807) is 20.2 Å².